The molecule has 116 valence electrons. The Labute approximate surface area is 124 Å². The maximum absolute atomic E-state index is 11.0. The third-order valence-electron chi connectivity index (χ3n) is 6.82. The lowest BCUT2D eigenvalue weighted by Gasteiger charge is -2.58. The molecule has 0 aromatic heterocycles. The summed E-state index contributed by atoms with van der Waals surface area (Å²) in [5.41, 5.74) is 0.287. The van der Waals surface area contributed by atoms with Crippen LogP contribution in [0, 0.1) is 23.2 Å². The van der Waals surface area contributed by atoms with Crippen LogP contribution in [0.5, 0.6) is 0 Å². The van der Waals surface area contributed by atoms with Crippen molar-refractivity contribution in [1.82, 2.24) is 4.90 Å². The van der Waals surface area contributed by atoms with E-state index < -0.39 is 0 Å². The molecule has 20 heavy (non-hydrogen) atoms. The zero-order chi connectivity index (χ0) is 14.3. The highest BCUT2D eigenvalue weighted by Crippen LogP contribution is 2.61. The van der Waals surface area contributed by atoms with Crippen molar-refractivity contribution in [3.05, 3.63) is 0 Å². The predicted octanol–water partition coefficient (Wildman–Crippen LogP) is 3.68. The van der Waals surface area contributed by atoms with Crippen LogP contribution in [0.15, 0.2) is 0 Å². The number of nitrogens with zero attached hydrogens (tertiary/aromatic N) is 1. The van der Waals surface area contributed by atoms with Gasteiger partial charge in [0.15, 0.2) is 0 Å². The molecular formula is C18H33NO. The van der Waals surface area contributed by atoms with E-state index >= 15 is 0 Å². The molecule has 0 aromatic rings. The van der Waals surface area contributed by atoms with Crippen LogP contribution in [0.4, 0.5) is 0 Å². The fourth-order valence-corrected chi connectivity index (χ4v) is 6.11. The second kappa shape index (κ2) is 5.61. The number of rotatable bonds is 6. The number of aliphatic hydroxyl groups excluding tert-OH is 1. The molecule has 1 unspecified atom stereocenters. The van der Waals surface area contributed by atoms with Gasteiger partial charge in [-0.25, -0.2) is 0 Å². The van der Waals surface area contributed by atoms with E-state index in [0.717, 1.165) is 24.3 Å². The molecule has 4 bridgehead atoms. The Morgan fingerprint density at radius 2 is 1.45 bits per heavy atom. The van der Waals surface area contributed by atoms with Crippen LogP contribution in [-0.2, 0) is 0 Å². The van der Waals surface area contributed by atoms with Gasteiger partial charge >= 0.3 is 0 Å². The summed E-state index contributed by atoms with van der Waals surface area (Å²) >= 11 is 0. The minimum absolute atomic E-state index is 0.0958. The highest BCUT2D eigenvalue weighted by Gasteiger charge is 2.54. The van der Waals surface area contributed by atoms with Gasteiger partial charge < -0.3 is 10.0 Å². The molecule has 2 nitrogen and oxygen atoms in total. The van der Waals surface area contributed by atoms with Gasteiger partial charge in [0.2, 0.25) is 0 Å². The minimum Gasteiger partial charge on any atom is -0.391 e. The normalized spacial score (nSPS) is 40.8. The molecule has 0 heterocycles. The average Bonchev–Trinajstić information content (AvgIpc) is 2.38. The molecule has 1 N–H and O–H groups in total. The van der Waals surface area contributed by atoms with E-state index in [0.29, 0.717) is 6.04 Å². The second-order valence-electron chi connectivity index (χ2n) is 8.21. The van der Waals surface area contributed by atoms with E-state index in [1.807, 2.05) is 0 Å². The molecule has 0 radical (unpaired) electrons. The molecule has 0 saturated heterocycles. The summed E-state index contributed by atoms with van der Waals surface area (Å²) in [7, 11) is 2.21. The Balaban J connectivity index is 1.66. The van der Waals surface area contributed by atoms with Crippen molar-refractivity contribution in [1.29, 1.82) is 0 Å². The van der Waals surface area contributed by atoms with Gasteiger partial charge in [0.1, 0.15) is 0 Å². The lowest BCUT2D eigenvalue weighted by Crippen LogP contribution is -2.54. The van der Waals surface area contributed by atoms with Crippen LogP contribution in [0.1, 0.15) is 65.2 Å². The third-order valence-corrected chi connectivity index (χ3v) is 6.82. The van der Waals surface area contributed by atoms with Gasteiger partial charge in [0, 0.05) is 12.6 Å². The van der Waals surface area contributed by atoms with E-state index in [1.54, 1.807) is 0 Å². The molecule has 0 amide bonds. The van der Waals surface area contributed by atoms with Crippen molar-refractivity contribution in [2.24, 2.45) is 23.2 Å². The van der Waals surface area contributed by atoms with Crippen molar-refractivity contribution >= 4 is 0 Å². The molecule has 0 aliphatic heterocycles. The summed E-state index contributed by atoms with van der Waals surface area (Å²) in [5, 5.41) is 11.0. The first kappa shape index (κ1) is 14.8. The van der Waals surface area contributed by atoms with E-state index in [9.17, 15) is 5.11 Å². The van der Waals surface area contributed by atoms with E-state index in [-0.39, 0.29) is 11.5 Å². The van der Waals surface area contributed by atoms with Gasteiger partial charge in [-0.1, -0.05) is 13.8 Å². The monoisotopic (exact) mass is 279 g/mol. The van der Waals surface area contributed by atoms with Crippen LogP contribution < -0.4 is 0 Å². The molecule has 0 spiro atoms. The first-order valence-electron chi connectivity index (χ1n) is 8.94. The number of hydrogen-bond donors (Lipinski definition) is 1. The first-order valence-corrected chi connectivity index (χ1v) is 8.94. The Morgan fingerprint density at radius 3 is 1.85 bits per heavy atom. The fourth-order valence-electron chi connectivity index (χ4n) is 6.11. The van der Waals surface area contributed by atoms with Gasteiger partial charge in [0.25, 0.3) is 0 Å². The smallest absolute Gasteiger partial charge is 0.0723 e. The minimum atomic E-state index is -0.0958. The van der Waals surface area contributed by atoms with Gasteiger partial charge in [-0.15, -0.1) is 0 Å². The topological polar surface area (TPSA) is 23.5 Å². The Morgan fingerprint density at radius 1 is 1.00 bits per heavy atom. The Kier molecular flexibility index (Phi) is 4.16. The van der Waals surface area contributed by atoms with Gasteiger partial charge in [-0.3, -0.25) is 0 Å². The maximum Gasteiger partial charge on any atom is 0.0723 e. The van der Waals surface area contributed by atoms with Crippen LogP contribution in [0.25, 0.3) is 0 Å². The molecule has 4 aliphatic rings. The van der Waals surface area contributed by atoms with Crippen molar-refractivity contribution in [2.75, 3.05) is 13.6 Å². The molecule has 4 fully saturated rings. The standard InChI is InChI=1S/C18H33NO/c1-4-16(5-2)19(3)12-17(20)18-9-13-6-14(10-18)8-15(7-13)11-18/h13-17,20H,4-12H2,1-3H3. The lowest BCUT2D eigenvalue weighted by atomic mass is 9.48. The SMILES string of the molecule is CCC(CC)N(C)CC(O)C12CC3CC(CC(C3)C1)C2. The van der Waals surface area contributed by atoms with E-state index in [2.05, 4.69) is 25.8 Å². The first-order chi connectivity index (χ1) is 9.56. The van der Waals surface area contributed by atoms with Crippen LogP contribution in [0.3, 0.4) is 0 Å². The van der Waals surface area contributed by atoms with Gasteiger partial charge in [-0.2, -0.15) is 0 Å². The van der Waals surface area contributed by atoms with Crippen LogP contribution >= 0.6 is 0 Å². The highest BCUT2D eigenvalue weighted by molar-refractivity contribution is 5.04. The second-order valence-corrected chi connectivity index (χ2v) is 8.21. The van der Waals surface area contributed by atoms with Crippen LogP contribution in [-0.4, -0.2) is 35.7 Å². The Hall–Kier alpha value is -0.0800. The van der Waals surface area contributed by atoms with Crippen molar-refractivity contribution in [3.8, 4) is 0 Å². The van der Waals surface area contributed by atoms with Gasteiger partial charge in [-0.05, 0) is 81.6 Å². The van der Waals surface area contributed by atoms with Crippen LogP contribution in [0.2, 0.25) is 0 Å². The molecule has 4 rings (SSSR count). The summed E-state index contributed by atoms with van der Waals surface area (Å²) < 4.78 is 0. The number of likely N-dealkylation sites (N-methyl/N-ethyl adjacent to an activating group) is 1. The Bertz CT molecular complexity index is 301. The third kappa shape index (κ3) is 2.54. The maximum atomic E-state index is 11.0. The molecular weight excluding hydrogens is 246 g/mol. The summed E-state index contributed by atoms with van der Waals surface area (Å²) in [4.78, 5) is 2.42. The van der Waals surface area contributed by atoms with Gasteiger partial charge in [0.05, 0.1) is 6.10 Å². The zero-order valence-electron chi connectivity index (χ0n) is 13.6. The number of hydrogen-bond acceptors (Lipinski definition) is 2. The molecule has 1 atom stereocenters. The molecule has 0 aromatic carbocycles. The summed E-state index contributed by atoms with van der Waals surface area (Å²) in [6, 6.07) is 0.638. The summed E-state index contributed by atoms with van der Waals surface area (Å²) in [6.45, 7) is 5.42. The van der Waals surface area contributed by atoms with Crippen molar-refractivity contribution < 1.29 is 5.11 Å². The average molecular weight is 279 g/mol. The zero-order valence-corrected chi connectivity index (χ0v) is 13.6. The molecule has 4 saturated carbocycles. The number of aliphatic hydroxyl groups is 1. The fraction of sp³-hybridized carbons (Fsp3) is 1.00. The van der Waals surface area contributed by atoms with E-state index in [1.165, 1.54) is 51.4 Å². The largest absolute Gasteiger partial charge is 0.391 e. The highest BCUT2D eigenvalue weighted by atomic mass is 16.3. The van der Waals surface area contributed by atoms with Crippen molar-refractivity contribution in [3.63, 3.8) is 0 Å². The summed E-state index contributed by atoms with van der Waals surface area (Å²) in [6.07, 6.45) is 10.6. The van der Waals surface area contributed by atoms with E-state index in [4.69, 9.17) is 0 Å². The lowest BCUT2D eigenvalue weighted by molar-refractivity contribution is -0.127. The molecule has 2 heteroatoms. The molecule has 4 aliphatic carbocycles. The van der Waals surface area contributed by atoms with Crippen molar-refractivity contribution in [2.45, 2.75) is 77.4 Å². The quantitative estimate of drug-likeness (QED) is 0.801. The summed E-state index contributed by atoms with van der Waals surface area (Å²) in [5.74, 6) is 2.82. The predicted molar refractivity (Wildman–Crippen MR) is 83.6 cm³/mol.